The number of rotatable bonds is 7. The fourth-order valence-corrected chi connectivity index (χ4v) is 2.43. The first kappa shape index (κ1) is 19.6. The van der Waals surface area contributed by atoms with Crippen molar-refractivity contribution >= 4 is 22.7 Å². The Kier molecular flexibility index (Phi) is 6.44. The number of hydrogen-bond acceptors (Lipinski definition) is 5. The maximum atomic E-state index is 10.7. The Morgan fingerprint density at radius 1 is 0.962 bits per heavy atom. The summed E-state index contributed by atoms with van der Waals surface area (Å²) >= 11 is 0. The molecule has 6 heteroatoms. The maximum Gasteiger partial charge on any atom is 0.269 e. The Morgan fingerprint density at radius 2 is 1.46 bits per heavy atom. The number of nitrogens with zero attached hydrogens (tertiary/aromatic N) is 4. The summed E-state index contributed by atoms with van der Waals surface area (Å²) in [5.74, 6) is 0. The van der Waals surface area contributed by atoms with E-state index in [0.29, 0.717) is 11.1 Å². The van der Waals surface area contributed by atoms with Crippen LogP contribution >= 0.6 is 0 Å². The van der Waals surface area contributed by atoms with E-state index in [2.05, 4.69) is 55.0 Å². The van der Waals surface area contributed by atoms with Crippen LogP contribution < -0.4 is 4.90 Å². The third-order valence-electron chi connectivity index (χ3n) is 4.07. The van der Waals surface area contributed by atoms with Gasteiger partial charge in [-0.3, -0.25) is 10.1 Å². The monoisotopic (exact) mass is 354 g/mol. The molecular weight excluding hydrogens is 328 g/mol. The minimum atomic E-state index is -0.432. The van der Waals surface area contributed by atoms with E-state index in [-0.39, 0.29) is 5.69 Å². The minimum absolute atomic E-state index is 0.0446. The first-order valence-electron chi connectivity index (χ1n) is 8.80. The standard InChI is InChI=1S/C20H26N4O2/c1-5-23(15-14-20(2,3)4)18-10-6-16(7-11-18)21-22-17-8-12-19(13-9-17)24(25)26/h6-13H,5,14-15H2,1-4H3/b22-21+. The molecule has 0 spiro atoms. The smallest absolute Gasteiger partial charge is 0.269 e. The van der Waals surface area contributed by atoms with Gasteiger partial charge in [0.1, 0.15) is 0 Å². The van der Waals surface area contributed by atoms with Crippen molar-refractivity contribution in [2.24, 2.45) is 15.6 Å². The molecule has 0 saturated heterocycles. The van der Waals surface area contributed by atoms with Gasteiger partial charge in [-0.1, -0.05) is 20.8 Å². The maximum absolute atomic E-state index is 10.7. The second-order valence-electron chi connectivity index (χ2n) is 7.38. The van der Waals surface area contributed by atoms with Crippen LogP contribution in [0.2, 0.25) is 0 Å². The average molecular weight is 354 g/mol. The van der Waals surface area contributed by atoms with Crippen molar-refractivity contribution in [3.8, 4) is 0 Å². The molecule has 138 valence electrons. The van der Waals surface area contributed by atoms with Gasteiger partial charge in [-0.15, -0.1) is 0 Å². The van der Waals surface area contributed by atoms with E-state index in [1.54, 1.807) is 12.1 Å². The molecular formula is C20H26N4O2. The van der Waals surface area contributed by atoms with Crippen molar-refractivity contribution < 1.29 is 4.92 Å². The second kappa shape index (κ2) is 8.56. The second-order valence-corrected chi connectivity index (χ2v) is 7.38. The first-order valence-corrected chi connectivity index (χ1v) is 8.80. The van der Waals surface area contributed by atoms with Crippen molar-refractivity contribution in [1.29, 1.82) is 0 Å². The normalized spacial score (nSPS) is 11.7. The molecule has 2 aromatic rings. The molecule has 0 N–H and O–H groups in total. The lowest BCUT2D eigenvalue weighted by atomic mass is 9.92. The molecule has 6 nitrogen and oxygen atoms in total. The molecule has 0 heterocycles. The molecule has 26 heavy (non-hydrogen) atoms. The van der Waals surface area contributed by atoms with E-state index < -0.39 is 4.92 Å². The largest absolute Gasteiger partial charge is 0.372 e. The molecule has 0 aliphatic carbocycles. The number of nitro groups is 1. The van der Waals surface area contributed by atoms with E-state index in [1.807, 2.05) is 12.1 Å². The fourth-order valence-electron chi connectivity index (χ4n) is 2.43. The van der Waals surface area contributed by atoms with Crippen LogP contribution in [0.5, 0.6) is 0 Å². The van der Waals surface area contributed by atoms with Crippen molar-refractivity contribution in [3.63, 3.8) is 0 Å². The summed E-state index contributed by atoms with van der Waals surface area (Å²) in [4.78, 5) is 12.6. The predicted molar refractivity (Wildman–Crippen MR) is 106 cm³/mol. The highest BCUT2D eigenvalue weighted by molar-refractivity contribution is 5.53. The predicted octanol–water partition coefficient (Wildman–Crippen LogP) is 6.27. The number of benzene rings is 2. The van der Waals surface area contributed by atoms with Crippen LogP contribution in [0.4, 0.5) is 22.7 Å². The summed E-state index contributed by atoms with van der Waals surface area (Å²) in [5.41, 5.74) is 2.86. The molecule has 0 aliphatic rings. The van der Waals surface area contributed by atoms with Crippen LogP contribution in [0.15, 0.2) is 58.8 Å². The average Bonchev–Trinajstić information content (AvgIpc) is 2.61. The Labute approximate surface area is 154 Å². The summed E-state index contributed by atoms with van der Waals surface area (Å²) in [6, 6.07) is 14.0. The number of non-ortho nitro benzene ring substituents is 1. The third kappa shape index (κ3) is 5.95. The van der Waals surface area contributed by atoms with E-state index in [0.717, 1.165) is 25.2 Å². The minimum Gasteiger partial charge on any atom is -0.372 e. The Hall–Kier alpha value is -2.76. The number of azo groups is 1. The SMILES string of the molecule is CCN(CCC(C)(C)C)c1ccc(/N=N/c2ccc([N+](=O)[O-])cc2)cc1. The molecule has 0 amide bonds. The lowest BCUT2D eigenvalue weighted by Gasteiger charge is -2.27. The number of hydrogen-bond donors (Lipinski definition) is 0. The van der Waals surface area contributed by atoms with Crippen LogP contribution in [-0.4, -0.2) is 18.0 Å². The van der Waals surface area contributed by atoms with E-state index in [1.165, 1.54) is 17.8 Å². The molecule has 0 aliphatic heterocycles. The zero-order chi connectivity index (χ0) is 19.2. The van der Waals surface area contributed by atoms with Crippen LogP contribution in [0.3, 0.4) is 0 Å². The van der Waals surface area contributed by atoms with E-state index in [9.17, 15) is 10.1 Å². The van der Waals surface area contributed by atoms with Gasteiger partial charge in [-0.05, 0) is 55.2 Å². The molecule has 0 saturated carbocycles. The van der Waals surface area contributed by atoms with Gasteiger partial charge >= 0.3 is 0 Å². The number of anilines is 1. The van der Waals surface area contributed by atoms with Gasteiger partial charge in [0.25, 0.3) is 5.69 Å². The quantitative estimate of drug-likeness (QED) is 0.334. The van der Waals surface area contributed by atoms with Gasteiger partial charge in [0.05, 0.1) is 16.3 Å². The lowest BCUT2D eigenvalue weighted by Crippen LogP contribution is -2.27. The van der Waals surface area contributed by atoms with Crippen molar-refractivity contribution in [3.05, 3.63) is 58.6 Å². The molecule has 2 rings (SSSR count). The molecule has 2 aromatic carbocycles. The summed E-state index contributed by atoms with van der Waals surface area (Å²) in [6.07, 6.45) is 1.13. The van der Waals surface area contributed by atoms with E-state index in [4.69, 9.17) is 0 Å². The summed E-state index contributed by atoms with van der Waals surface area (Å²) in [6.45, 7) is 10.9. The molecule has 0 bridgehead atoms. The Morgan fingerprint density at radius 3 is 1.88 bits per heavy atom. The highest BCUT2D eigenvalue weighted by Gasteiger charge is 2.13. The number of nitro benzene ring substituents is 1. The summed E-state index contributed by atoms with van der Waals surface area (Å²) < 4.78 is 0. The fraction of sp³-hybridized carbons (Fsp3) is 0.400. The van der Waals surface area contributed by atoms with Gasteiger partial charge in [-0.25, -0.2) is 0 Å². The van der Waals surface area contributed by atoms with Gasteiger partial charge in [0.2, 0.25) is 0 Å². The molecule has 0 radical (unpaired) electrons. The molecule has 0 unspecified atom stereocenters. The summed E-state index contributed by atoms with van der Waals surface area (Å²) in [5, 5.41) is 19.0. The topological polar surface area (TPSA) is 71.1 Å². The van der Waals surface area contributed by atoms with Crippen LogP contribution in [0, 0.1) is 15.5 Å². The molecule has 0 aromatic heterocycles. The van der Waals surface area contributed by atoms with Gasteiger partial charge < -0.3 is 4.90 Å². The Bertz CT molecular complexity index is 747. The van der Waals surface area contributed by atoms with Gasteiger partial charge in [0, 0.05) is 30.9 Å². The molecule has 0 atom stereocenters. The highest BCUT2D eigenvalue weighted by atomic mass is 16.6. The zero-order valence-electron chi connectivity index (χ0n) is 15.8. The van der Waals surface area contributed by atoms with Crippen molar-refractivity contribution in [2.75, 3.05) is 18.0 Å². The van der Waals surface area contributed by atoms with Crippen molar-refractivity contribution in [2.45, 2.75) is 34.1 Å². The first-order chi connectivity index (χ1) is 12.3. The van der Waals surface area contributed by atoms with Crippen molar-refractivity contribution in [1.82, 2.24) is 0 Å². The van der Waals surface area contributed by atoms with E-state index >= 15 is 0 Å². The van der Waals surface area contributed by atoms with Crippen LogP contribution in [0.1, 0.15) is 34.1 Å². The molecule has 0 fully saturated rings. The van der Waals surface area contributed by atoms with Crippen LogP contribution in [0.25, 0.3) is 0 Å². The third-order valence-corrected chi connectivity index (χ3v) is 4.07. The van der Waals surface area contributed by atoms with Gasteiger partial charge in [0.15, 0.2) is 0 Å². The lowest BCUT2D eigenvalue weighted by molar-refractivity contribution is -0.384. The van der Waals surface area contributed by atoms with Crippen LogP contribution in [-0.2, 0) is 0 Å². The summed E-state index contributed by atoms with van der Waals surface area (Å²) in [7, 11) is 0. The van der Waals surface area contributed by atoms with Gasteiger partial charge in [-0.2, -0.15) is 10.2 Å². The zero-order valence-corrected chi connectivity index (χ0v) is 15.8. The Balaban J connectivity index is 2.02. The highest BCUT2D eigenvalue weighted by Crippen LogP contribution is 2.25.